The minimum absolute atomic E-state index is 0.0915. The number of hydroxylamine groups is 2. The first-order valence-electron chi connectivity index (χ1n) is 7.45. The first-order chi connectivity index (χ1) is 11.2. The van der Waals surface area contributed by atoms with E-state index in [0.29, 0.717) is 0 Å². The summed E-state index contributed by atoms with van der Waals surface area (Å²) in [5.74, 6) is -1.71. The van der Waals surface area contributed by atoms with Gasteiger partial charge in [-0.15, -0.1) is 0 Å². The van der Waals surface area contributed by atoms with Gasteiger partial charge in [-0.05, 0) is 26.3 Å². The molecule has 1 aliphatic heterocycles. The highest BCUT2D eigenvalue weighted by Gasteiger charge is 2.50. The van der Waals surface area contributed by atoms with Gasteiger partial charge >= 0.3 is 12.1 Å². The molecular formula is C16H20N2O6. The van der Waals surface area contributed by atoms with Crippen molar-refractivity contribution in [2.24, 2.45) is 0 Å². The van der Waals surface area contributed by atoms with E-state index in [4.69, 9.17) is 14.7 Å². The monoisotopic (exact) mass is 336 g/mol. The van der Waals surface area contributed by atoms with Gasteiger partial charge in [-0.3, -0.25) is 9.63 Å². The van der Waals surface area contributed by atoms with Gasteiger partial charge in [0.1, 0.15) is 12.6 Å². The van der Waals surface area contributed by atoms with E-state index in [1.807, 2.05) is 30.3 Å². The van der Waals surface area contributed by atoms with Gasteiger partial charge in [-0.1, -0.05) is 30.3 Å². The average Bonchev–Trinajstić information content (AvgIpc) is 2.56. The lowest BCUT2D eigenvalue weighted by molar-refractivity contribution is -0.272. The number of β-lactam (4-membered cyclic amide) rings is 1. The van der Waals surface area contributed by atoms with Crippen LogP contribution in [0.4, 0.5) is 4.79 Å². The van der Waals surface area contributed by atoms with E-state index < -0.39 is 35.7 Å². The standard InChI is InChI=1S/C16H20N2O6/c1-10-12(13(19)18(10)24-16(2,3)14(20)21)17-15(22)23-9-11-7-5-4-6-8-11/h4-8,10,12H,9H2,1-3H3,(H,17,22)(H,20,21)/t10-,12-/m0/s1. The van der Waals surface area contributed by atoms with E-state index in [-0.39, 0.29) is 6.61 Å². The normalized spacial score (nSPS) is 20.3. The van der Waals surface area contributed by atoms with Crippen LogP contribution in [0.5, 0.6) is 0 Å². The number of alkyl carbamates (subject to hydrolysis) is 1. The molecule has 0 spiro atoms. The summed E-state index contributed by atoms with van der Waals surface area (Å²) in [6.07, 6.45) is -0.721. The van der Waals surface area contributed by atoms with Crippen LogP contribution in [0.1, 0.15) is 26.3 Å². The van der Waals surface area contributed by atoms with Crippen molar-refractivity contribution < 1.29 is 29.1 Å². The number of nitrogens with zero attached hydrogens (tertiary/aromatic N) is 1. The highest BCUT2D eigenvalue weighted by molar-refractivity contribution is 5.91. The van der Waals surface area contributed by atoms with Crippen LogP contribution in [0.3, 0.4) is 0 Å². The Morgan fingerprint density at radius 3 is 2.46 bits per heavy atom. The molecule has 0 unspecified atom stereocenters. The Morgan fingerprint density at radius 2 is 1.92 bits per heavy atom. The molecule has 24 heavy (non-hydrogen) atoms. The topological polar surface area (TPSA) is 105 Å². The predicted molar refractivity (Wildman–Crippen MR) is 82.7 cm³/mol. The summed E-state index contributed by atoms with van der Waals surface area (Å²) >= 11 is 0. The molecule has 2 rings (SSSR count). The summed E-state index contributed by atoms with van der Waals surface area (Å²) in [7, 11) is 0. The maximum Gasteiger partial charge on any atom is 0.408 e. The molecule has 0 radical (unpaired) electrons. The molecule has 1 aromatic rings. The minimum Gasteiger partial charge on any atom is -0.479 e. The fourth-order valence-electron chi connectivity index (χ4n) is 2.08. The zero-order chi connectivity index (χ0) is 17.9. The maximum atomic E-state index is 12.0. The number of hydrogen-bond donors (Lipinski definition) is 2. The van der Waals surface area contributed by atoms with Crippen LogP contribution in [0.15, 0.2) is 30.3 Å². The van der Waals surface area contributed by atoms with Crippen LogP contribution in [-0.2, 0) is 25.8 Å². The summed E-state index contributed by atoms with van der Waals surface area (Å²) in [5.41, 5.74) is -0.711. The Labute approximate surface area is 139 Å². The van der Waals surface area contributed by atoms with Crippen molar-refractivity contribution in [1.29, 1.82) is 0 Å². The molecule has 1 fully saturated rings. The number of ether oxygens (including phenoxy) is 1. The zero-order valence-electron chi connectivity index (χ0n) is 13.7. The molecule has 0 aliphatic carbocycles. The Balaban J connectivity index is 1.83. The van der Waals surface area contributed by atoms with Crippen LogP contribution in [0, 0.1) is 0 Å². The molecule has 1 aliphatic rings. The average molecular weight is 336 g/mol. The first-order valence-corrected chi connectivity index (χ1v) is 7.45. The summed E-state index contributed by atoms with van der Waals surface area (Å²) in [6.45, 7) is 4.41. The third-order valence-electron chi connectivity index (χ3n) is 3.66. The maximum absolute atomic E-state index is 12.0. The van der Waals surface area contributed by atoms with Gasteiger partial charge in [0.15, 0.2) is 5.60 Å². The van der Waals surface area contributed by atoms with Crippen LogP contribution < -0.4 is 5.32 Å². The molecular weight excluding hydrogens is 316 g/mol. The van der Waals surface area contributed by atoms with Crippen LogP contribution >= 0.6 is 0 Å². The summed E-state index contributed by atoms with van der Waals surface area (Å²) in [5, 5.41) is 12.4. The molecule has 1 saturated heterocycles. The highest BCUT2D eigenvalue weighted by atomic mass is 16.7. The van der Waals surface area contributed by atoms with E-state index >= 15 is 0 Å². The molecule has 2 amide bonds. The number of carbonyl (C=O) groups excluding carboxylic acids is 2. The zero-order valence-corrected chi connectivity index (χ0v) is 13.7. The van der Waals surface area contributed by atoms with Gasteiger partial charge in [0.2, 0.25) is 0 Å². The summed E-state index contributed by atoms with van der Waals surface area (Å²) < 4.78 is 5.05. The van der Waals surface area contributed by atoms with Crippen molar-refractivity contribution in [2.75, 3.05) is 0 Å². The number of rotatable bonds is 6. The molecule has 0 aromatic heterocycles. The van der Waals surface area contributed by atoms with Crippen LogP contribution in [-0.4, -0.2) is 45.8 Å². The van der Waals surface area contributed by atoms with Gasteiger partial charge in [0.25, 0.3) is 5.91 Å². The Bertz CT molecular complexity index is 631. The molecule has 130 valence electrons. The van der Waals surface area contributed by atoms with Gasteiger partial charge in [0, 0.05) is 0 Å². The molecule has 2 N–H and O–H groups in total. The summed E-state index contributed by atoms with van der Waals surface area (Å²) in [6, 6.07) is 7.83. The lowest BCUT2D eigenvalue weighted by Crippen LogP contribution is -2.70. The number of amides is 2. The SMILES string of the molecule is C[C@H]1[C@H](NC(=O)OCc2ccccc2)C(=O)N1OC(C)(C)C(=O)O. The molecule has 8 nitrogen and oxygen atoms in total. The minimum atomic E-state index is -1.54. The fourth-order valence-corrected chi connectivity index (χ4v) is 2.08. The number of benzene rings is 1. The number of aliphatic carboxylic acids is 1. The van der Waals surface area contributed by atoms with Crippen molar-refractivity contribution in [3.8, 4) is 0 Å². The smallest absolute Gasteiger partial charge is 0.408 e. The molecule has 0 saturated carbocycles. The van der Waals surface area contributed by atoms with Gasteiger partial charge in [0.05, 0.1) is 6.04 Å². The van der Waals surface area contributed by atoms with E-state index in [9.17, 15) is 14.4 Å². The van der Waals surface area contributed by atoms with Crippen molar-refractivity contribution in [3.63, 3.8) is 0 Å². The lowest BCUT2D eigenvalue weighted by Gasteiger charge is -2.45. The largest absolute Gasteiger partial charge is 0.479 e. The van der Waals surface area contributed by atoms with E-state index in [0.717, 1.165) is 10.6 Å². The van der Waals surface area contributed by atoms with Gasteiger partial charge in [-0.25, -0.2) is 14.7 Å². The van der Waals surface area contributed by atoms with E-state index in [1.165, 1.54) is 13.8 Å². The predicted octanol–water partition coefficient (Wildman–Crippen LogP) is 1.31. The first kappa shape index (κ1) is 17.7. The Kier molecular flexibility index (Phi) is 5.08. The Morgan fingerprint density at radius 1 is 1.29 bits per heavy atom. The second kappa shape index (κ2) is 6.88. The van der Waals surface area contributed by atoms with Crippen LogP contribution in [0.25, 0.3) is 0 Å². The molecule has 1 aromatic carbocycles. The number of hydrogen-bond acceptors (Lipinski definition) is 5. The molecule has 0 bridgehead atoms. The quantitative estimate of drug-likeness (QED) is 0.759. The van der Waals surface area contributed by atoms with Crippen molar-refractivity contribution in [3.05, 3.63) is 35.9 Å². The second-order valence-corrected chi connectivity index (χ2v) is 6.00. The highest BCUT2D eigenvalue weighted by Crippen LogP contribution is 2.25. The Hall–Kier alpha value is -2.61. The van der Waals surface area contributed by atoms with Crippen LogP contribution in [0.2, 0.25) is 0 Å². The third-order valence-corrected chi connectivity index (χ3v) is 3.66. The van der Waals surface area contributed by atoms with Gasteiger partial charge < -0.3 is 15.2 Å². The van der Waals surface area contributed by atoms with Gasteiger partial charge in [-0.2, -0.15) is 0 Å². The van der Waals surface area contributed by atoms with E-state index in [1.54, 1.807) is 6.92 Å². The third kappa shape index (κ3) is 3.83. The lowest BCUT2D eigenvalue weighted by atomic mass is 10.0. The number of nitrogens with one attached hydrogen (secondary N) is 1. The second-order valence-electron chi connectivity index (χ2n) is 6.00. The van der Waals surface area contributed by atoms with Crippen molar-refractivity contribution >= 4 is 18.0 Å². The number of carboxylic acids is 1. The molecule has 1 heterocycles. The molecule has 8 heteroatoms. The van der Waals surface area contributed by atoms with Crippen molar-refractivity contribution in [2.45, 2.75) is 45.1 Å². The fraction of sp³-hybridized carbons (Fsp3) is 0.438. The summed E-state index contributed by atoms with van der Waals surface area (Å²) in [4.78, 5) is 40.0. The number of carbonyl (C=O) groups is 3. The molecule has 2 atom stereocenters. The van der Waals surface area contributed by atoms with Crippen molar-refractivity contribution in [1.82, 2.24) is 10.4 Å². The number of carboxylic acid groups (broad SMARTS) is 1. The van der Waals surface area contributed by atoms with E-state index in [2.05, 4.69) is 5.32 Å².